The van der Waals surface area contributed by atoms with Gasteiger partial charge >= 0.3 is 0 Å². The van der Waals surface area contributed by atoms with Crippen LogP contribution in [-0.4, -0.2) is 53.9 Å². The first kappa shape index (κ1) is 27.8. The number of rotatable bonds is 9. The number of benzene rings is 3. The molecular weight excluding hydrogens is 576 g/mol. The molecular formula is C21H18N6O9S3. The molecule has 4 rings (SSSR count). The Morgan fingerprint density at radius 2 is 0.718 bits per heavy atom. The SMILES string of the molecule is O=S(=O)(O)c1cccc(Nc2nc(Nc3cccc(S(=O)(=O)O)c3)nc(Nc3cccc(S(=O)(=O)O)c3)n2)c1. The molecule has 1 heterocycles. The normalized spacial score (nSPS) is 12.1. The first-order valence-corrected chi connectivity index (χ1v) is 14.8. The van der Waals surface area contributed by atoms with Crippen LogP contribution in [0.25, 0.3) is 0 Å². The Kier molecular flexibility index (Phi) is 7.50. The van der Waals surface area contributed by atoms with E-state index in [1.54, 1.807) is 0 Å². The second kappa shape index (κ2) is 10.5. The molecule has 0 unspecified atom stereocenters. The third kappa shape index (κ3) is 7.44. The van der Waals surface area contributed by atoms with Crippen molar-refractivity contribution in [2.24, 2.45) is 0 Å². The summed E-state index contributed by atoms with van der Waals surface area (Å²) in [6.45, 7) is 0. The van der Waals surface area contributed by atoms with E-state index in [2.05, 4.69) is 30.9 Å². The number of aromatic nitrogens is 3. The van der Waals surface area contributed by atoms with Crippen LogP contribution in [0.3, 0.4) is 0 Å². The minimum atomic E-state index is -4.50. The lowest BCUT2D eigenvalue weighted by atomic mass is 10.3. The fourth-order valence-corrected chi connectivity index (χ4v) is 4.71. The summed E-state index contributed by atoms with van der Waals surface area (Å²) >= 11 is 0. The molecule has 0 saturated carbocycles. The highest BCUT2D eigenvalue weighted by molar-refractivity contribution is 7.86. The summed E-state index contributed by atoms with van der Waals surface area (Å²) in [5, 5.41) is 8.25. The predicted octanol–water partition coefficient (Wildman–Crippen LogP) is 2.84. The summed E-state index contributed by atoms with van der Waals surface area (Å²) in [5.41, 5.74) is 0.486. The van der Waals surface area contributed by atoms with Gasteiger partial charge in [-0.1, -0.05) is 18.2 Å². The van der Waals surface area contributed by atoms with Crippen molar-refractivity contribution in [3.8, 4) is 0 Å². The van der Waals surface area contributed by atoms with Gasteiger partial charge in [-0.25, -0.2) is 0 Å². The Morgan fingerprint density at radius 3 is 0.949 bits per heavy atom. The Balaban J connectivity index is 1.73. The maximum absolute atomic E-state index is 11.5. The summed E-state index contributed by atoms with van der Waals surface area (Å²) in [5.74, 6) is -0.460. The van der Waals surface area contributed by atoms with Gasteiger partial charge in [-0.15, -0.1) is 0 Å². The first-order valence-electron chi connectivity index (χ1n) is 10.5. The molecule has 0 spiro atoms. The topological polar surface area (TPSA) is 238 Å². The van der Waals surface area contributed by atoms with Crippen LogP contribution >= 0.6 is 0 Å². The van der Waals surface area contributed by atoms with Crippen molar-refractivity contribution in [1.29, 1.82) is 0 Å². The van der Waals surface area contributed by atoms with Gasteiger partial charge in [0.1, 0.15) is 0 Å². The molecule has 0 radical (unpaired) electrons. The Hall–Kier alpha value is -4.20. The molecule has 0 fully saturated rings. The summed E-state index contributed by atoms with van der Waals surface area (Å²) in [7, 11) is -13.5. The van der Waals surface area contributed by atoms with Crippen molar-refractivity contribution >= 4 is 65.3 Å². The van der Waals surface area contributed by atoms with E-state index in [4.69, 9.17) is 0 Å². The molecule has 39 heavy (non-hydrogen) atoms. The van der Waals surface area contributed by atoms with Crippen LogP contribution < -0.4 is 16.0 Å². The molecule has 1 aromatic heterocycles. The molecule has 6 N–H and O–H groups in total. The number of nitrogens with one attached hydrogen (secondary N) is 3. The fraction of sp³-hybridized carbons (Fsp3) is 0. The van der Waals surface area contributed by atoms with Crippen molar-refractivity contribution in [2.75, 3.05) is 16.0 Å². The number of hydrogen-bond donors (Lipinski definition) is 6. The van der Waals surface area contributed by atoms with Gasteiger partial charge in [0, 0.05) is 17.1 Å². The van der Waals surface area contributed by atoms with Gasteiger partial charge in [0.15, 0.2) is 0 Å². The zero-order valence-corrected chi connectivity index (χ0v) is 21.7. The Bertz CT molecular complexity index is 1650. The fourth-order valence-electron chi connectivity index (χ4n) is 3.13. The third-order valence-corrected chi connectivity index (χ3v) is 7.35. The smallest absolute Gasteiger partial charge is 0.294 e. The molecule has 3 aromatic carbocycles. The van der Waals surface area contributed by atoms with E-state index in [0.29, 0.717) is 0 Å². The first-order chi connectivity index (χ1) is 18.2. The maximum Gasteiger partial charge on any atom is 0.294 e. The molecule has 15 nitrogen and oxygen atoms in total. The zero-order chi connectivity index (χ0) is 28.4. The van der Waals surface area contributed by atoms with Crippen LogP contribution in [0.5, 0.6) is 0 Å². The zero-order valence-electron chi connectivity index (χ0n) is 19.3. The molecule has 4 aromatic rings. The quantitative estimate of drug-likeness (QED) is 0.153. The van der Waals surface area contributed by atoms with E-state index in [-0.39, 0.29) is 34.9 Å². The number of hydrogen-bond acceptors (Lipinski definition) is 12. The van der Waals surface area contributed by atoms with Crippen LogP contribution in [0.1, 0.15) is 0 Å². The molecule has 0 aliphatic carbocycles. The monoisotopic (exact) mass is 594 g/mol. The van der Waals surface area contributed by atoms with Gasteiger partial charge in [-0.2, -0.15) is 40.2 Å². The van der Waals surface area contributed by atoms with Crippen molar-refractivity contribution in [2.45, 2.75) is 14.7 Å². The van der Waals surface area contributed by atoms with E-state index in [0.717, 1.165) is 36.4 Å². The second-order valence-corrected chi connectivity index (χ2v) is 12.0. The standard InChI is InChI=1S/C21H18N6O9S3/c28-37(29,30)16-7-1-4-13(10-16)22-19-25-20(23-14-5-2-8-17(11-14)38(31,32)33)27-21(26-19)24-15-6-3-9-18(12-15)39(34,35)36/h1-12H,(H,28,29,30)(H,31,32,33)(H,34,35,36)(H3,22,23,24,25,26,27). The molecule has 0 amide bonds. The molecule has 0 aliphatic rings. The van der Waals surface area contributed by atoms with E-state index in [9.17, 15) is 38.9 Å². The lowest BCUT2D eigenvalue weighted by Crippen LogP contribution is -2.08. The Morgan fingerprint density at radius 1 is 0.462 bits per heavy atom. The van der Waals surface area contributed by atoms with Crippen LogP contribution in [0, 0.1) is 0 Å². The van der Waals surface area contributed by atoms with Gasteiger partial charge in [-0.3, -0.25) is 13.7 Å². The second-order valence-electron chi connectivity index (χ2n) is 7.69. The molecule has 18 heteroatoms. The highest BCUT2D eigenvalue weighted by atomic mass is 32.2. The van der Waals surface area contributed by atoms with Crippen LogP contribution in [0.15, 0.2) is 87.5 Å². The van der Waals surface area contributed by atoms with Crippen molar-refractivity contribution in [3.05, 3.63) is 72.8 Å². The predicted molar refractivity (Wildman–Crippen MR) is 138 cm³/mol. The van der Waals surface area contributed by atoms with Crippen molar-refractivity contribution < 1.29 is 38.9 Å². The lowest BCUT2D eigenvalue weighted by Gasteiger charge is -2.12. The van der Waals surface area contributed by atoms with Gasteiger partial charge in [0.2, 0.25) is 17.8 Å². The largest absolute Gasteiger partial charge is 0.324 e. The van der Waals surface area contributed by atoms with E-state index in [1.807, 2.05) is 0 Å². The number of nitrogens with zero attached hydrogens (tertiary/aromatic N) is 3. The number of anilines is 6. The van der Waals surface area contributed by atoms with Gasteiger partial charge < -0.3 is 16.0 Å². The molecule has 204 valence electrons. The van der Waals surface area contributed by atoms with E-state index in [1.165, 1.54) is 36.4 Å². The lowest BCUT2D eigenvalue weighted by molar-refractivity contribution is 0.481. The van der Waals surface area contributed by atoms with Crippen molar-refractivity contribution in [3.63, 3.8) is 0 Å². The average molecular weight is 595 g/mol. The average Bonchev–Trinajstić information content (AvgIpc) is 2.83. The minimum Gasteiger partial charge on any atom is -0.324 e. The van der Waals surface area contributed by atoms with Crippen LogP contribution in [0.2, 0.25) is 0 Å². The van der Waals surface area contributed by atoms with E-state index < -0.39 is 45.0 Å². The highest BCUT2D eigenvalue weighted by Gasteiger charge is 2.15. The van der Waals surface area contributed by atoms with Gasteiger partial charge in [-0.05, 0) is 54.6 Å². The third-order valence-electron chi connectivity index (χ3n) is 4.80. The molecule has 0 atom stereocenters. The molecule has 0 saturated heterocycles. The van der Waals surface area contributed by atoms with Gasteiger partial charge in [0.25, 0.3) is 30.4 Å². The summed E-state index contributed by atoms with van der Waals surface area (Å²) < 4.78 is 96.9. The van der Waals surface area contributed by atoms with Crippen LogP contribution in [-0.2, 0) is 30.4 Å². The van der Waals surface area contributed by atoms with Crippen LogP contribution in [0.4, 0.5) is 34.9 Å². The summed E-state index contributed by atoms with van der Waals surface area (Å²) in [4.78, 5) is 11.3. The Labute approximate surface area is 222 Å². The highest BCUT2D eigenvalue weighted by Crippen LogP contribution is 2.24. The molecule has 0 bridgehead atoms. The van der Waals surface area contributed by atoms with E-state index >= 15 is 0 Å². The maximum atomic E-state index is 11.5. The molecule has 0 aliphatic heterocycles. The minimum absolute atomic E-state index is 0.153. The summed E-state index contributed by atoms with van der Waals surface area (Å²) in [6, 6.07) is 15.3. The van der Waals surface area contributed by atoms with Gasteiger partial charge in [0.05, 0.1) is 14.7 Å². The summed E-state index contributed by atoms with van der Waals surface area (Å²) in [6.07, 6.45) is 0. The van der Waals surface area contributed by atoms with Crippen molar-refractivity contribution in [1.82, 2.24) is 15.0 Å².